The number of carbonyl (C=O) groups is 2. The first-order chi connectivity index (χ1) is 11.0. The molecular formula is C17H23FN2O3. The van der Waals surface area contributed by atoms with Crippen LogP contribution >= 0.6 is 0 Å². The van der Waals surface area contributed by atoms with E-state index >= 15 is 0 Å². The fourth-order valence-corrected chi connectivity index (χ4v) is 2.87. The molecule has 0 bridgehead atoms. The van der Waals surface area contributed by atoms with Gasteiger partial charge in [0.25, 0.3) is 0 Å². The fourth-order valence-electron chi connectivity index (χ4n) is 2.87. The molecule has 0 spiro atoms. The molecule has 1 aromatic rings. The van der Waals surface area contributed by atoms with Crippen molar-refractivity contribution in [2.45, 2.75) is 38.6 Å². The molecule has 0 saturated heterocycles. The monoisotopic (exact) mass is 322 g/mol. The molecule has 23 heavy (non-hydrogen) atoms. The largest absolute Gasteiger partial charge is 0.465 e. The Labute approximate surface area is 135 Å². The highest BCUT2D eigenvalue weighted by atomic mass is 19.1. The van der Waals surface area contributed by atoms with E-state index in [9.17, 15) is 14.0 Å². The topological polar surface area (TPSA) is 67.4 Å². The molecule has 1 amide bonds. The van der Waals surface area contributed by atoms with E-state index in [1.165, 1.54) is 31.7 Å². The van der Waals surface area contributed by atoms with E-state index in [2.05, 4.69) is 22.3 Å². The first-order valence-corrected chi connectivity index (χ1v) is 7.92. The number of benzene rings is 1. The number of esters is 1. The Morgan fingerprint density at radius 1 is 1.30 bits per heavy atom. The molecule has 1 aromatic carbocycles. The van der Waals surface area contributed by atoms with E-state index < -0.39 is 11.8 Å². The molecule has 0 aliphatic heterocycles. The number of hydrogen-bond acceptors (Lipinski definition) is 4. The zero-order valence-corrected chi connectivity index (χ0v) is 13.5. The summed E-state index contributed by atoms with van der Waals surface area (Å²) in [7, 11) is 1.20. The third-order valence-electron chi connectivity index (χ3n) is 4.28. The van der Waals surface area contributed by atoms with Crippen LogP contribution in [0, 0.1) is 11.7 Å². The Kier molecular flexibility index (Phi) is 5.96. The van der Waals surface area contributed by atoms with Crippen molar-refractivity contribution in [3.63, 3.8) is 0 Å². The maximum absolute atomic E-state index is 13.6. The Morgan fingerprint density at radius 2 is 2.04 bits per heavy atom. The lowest BCUT2D eigenvalue weighted by Gasteiger charge is -2.29. The lowest BCUT2D eigenvalue weighted by atomic mass is 9.86. The van der Waals surface area contributed by atoms with E-state index in [1.807, 2.05) is 0 Å². The summed E-state index contributed by atoms with van der Waals surface area (Å²) in [4.78, 5) is 23.5. The molecule has 0 radical (unpaired) electrons. The molecule has 0 aromatic heterocycles. The molecule has 1 fully saturated rings. The van der Waals surface area contributed by atoms with Crippen LogP contribution in [0.25, 0.3) is 0 Å². The molecule has 0 unspecified atom stereocenters. The van der Waals surface area contributed by atoms with E-state index in [0.29, 0.717) is 11.6 Å². The lowest BCUT2D eigenvalue weighted by molar-refractivity contribution is -0.120. The third kappa shape index (κ3) is 4.68. The molecule has 1 aliphatic rings. The Hall–Kier alpha value is -2.11. The molecular weight excluding hydrogens is 299 g/mol. The van der Waals surface area contributed by atoms with E-state index in [4.69, 9.17) is 0 Å². The number of amides is 1. The maximum atomic E-state index is 13.6. The van der Waals surface area contributed by atoms with E-state index in [-0.39, 0.29) is 24.1 Å². The van der Waals surface area contributed by atoms with Crippen LogP contribution in [0.4, 0.5) is 10.1 Å². The zero-order valence-electron chi connectivity index (χ0n) is 13.5. The van der Waals surface area contributed by atoms with Crippen LogP contribution in [0.3, 0.4) is 0 Å². The SMILES string of the molecule is COC(=O)c1cc(NCC(=O)N[C@@H]2CCCC[C@@H]2C)ccc1F. The van der Waals surface area contributed by atoms with Gasteiger partial charge in [0.2, 0.25) is 5.91 Å². The van der Waals surface area contributed by atoms with Crippen LogP contribution < -0.4 is 10.6 Å². The summed E-state index contributed by atoms with van der Waals surface area (Å²) in [5.41, 5.74) is 0.345. The van der Waals surface area contributed by atoms with Crippen LogP contribution in [0.5, 0.6) is 0 Å². The Morgan fingerprint density at radius 3 is 2.74 bits per heavy atom. The van der Waals surface area contributed by atoms with Gasteiger partial charge in [0.1, 0.15) is 5.82 Å². The fraction of sp³-hybridized carbons (Fsp3) is 0.529. The van der Waals surface area contributed by atoms with Crippen molar-refractivity contribution in [2.75, 3.05) is 19.0 Å². The standard InChI is InChI=1S/C17H23FN2O3/c1-11-5-3-4-6-15(11)20-16(21)10-19-12-7-8-14(18)13(9-12)17(22)23-2/h7-9,11,15,19H,3-6,10H2,1-2H3,(H,20,21)/t11-,15+/m0/s1. The van der Waals surface area contributed by atoms with Gasteiger partial charge in [0.15, 0.2) is 0 Å². The number of anilines is 1. The minimum absolute atomic E-state index is 0.0788. The van der Waals surface area contributed by atoms with Crippen molar-refractivity contribution in [1.29, 1.82) is 0 Å². The summed E-state index contributed by atoms with van der Waals surface area (Å²) in [5.74, 6) is -1.01. The van der Waals surface area contributed by atoms with Gasteiger partial charge in [-0.2, -0.15) is 0 Å². The van der Waals surface area contributed by atoms with Gasteiger partial charge >= 0.3 is 5.97 Å². The number of halogens is 1. The minimum atomic E-state index is -0.744. The van der Waals surface area contributed by atoms with Gasteiger partial charge in [-0.25, -0.2) is 9.18 Å². The molecule has 0 heterocycles. The van der Waals surface area contributed by atoms with Crippen LogP contribution in [0.15, 0.2) is 18.2 Å². The summed E-state index contributed by atoms with van der Waals surface area (Å²) in [5, 5.41) is 5.94. The van der Waals surface area contributed by atoms with Crippen LogP contribution in [0.2, 0.25) is 0 Å². The molecule has 2 N–H and O–H groups in total. The molecule has 1 saturated carbocycles. The first-order valence-electron chi connectivity index (χ1n) is 7.92. The van der Waals surface area contributed by atoms with Crippen molar-refractivity contribution in [2.24, 2.45) is 5.92 Å². The highest BCUT2D eigenvalue weighted by Crippen LogP contribution is 2.23. The summed E-state index contributed by atoms with van der Waals surface area (Å²) in [6, 6.07) is 4.22. The molecule has 2 atom stereocenters. The number of ether oxygens (including phenoxy) is 1. The number of methoxy groups -OCH3 is 1. The maximum Gasteiger partial charge on any atom is 0.340 e. The second kappa shape index (κ2) is 7.94. The number of carbonyl (C=O) groups excluding carboxylic acids is 2. The van der Waals surface area contributed by atoms with E-state index in [0.717, 1.165) is 19.3 Å². The zero-order chi connectivity index (χ0) is 16.8. The van der Waals surface area contributed by atoms with E-state index in [1.54, 1.807) is 0 Å². The molecule has 1 aliphatic carbocycles. The van der Waals surface area contributed by atoms with Gasteiger partial charge in [-0.1, -0.05) is 19.8 Å². The Bertz CT molecular complexity index is 577. The summed E-state index contributed by atoms with van der Waals surface area (Å²) >= 11 is 0. The van der Waals surface area contributed by atoms with Gasteiger partial charge in [-0.05, 0) is 37.0 Å². The Balaban J connectivity index is 1.90. The number of hydrogen-bond donors (Lipinski definition) is 2. The normalized spacial score (nSPS) is 20.7. The second-order valence-corrected chi connectivity index (χ2v) is 5.98. The smallest absolute Gasteiger partial charge is 0.340 e. The summed E-state index contributed by atoms with van der Waals surface area (Å²) < 4.78 is 18.1. The molecule has 5 nitrogen and oxygen atoms in total. The predicted octanol–water partition coefficient (Wildman–Crippen LogP) is 2.72. The predicted molar refractivity (Wildman–Crippen MR) is 85.8 cm³/mol. The van der Waals surface area contributed by atoms with Crippen molar-refractivity contribution >= 4 is 17.6 Å². The highest BCUT2D eigenvalue weighted by molar-refractivity contribution is 5.91. The lowest BCUT2D eigenvalue weighted by Crippen LogP contribution is -2.43. The van der Waals surface area contributed by atoms with Crippen molar-refractivity contribution in [3.05, 3.63) is 29.6 Å². The first kappa shape index (κ1) is 17.2. The average Bonchev–Trinajstić information content (AvgIpc) is 2.55. The van der Waals surface area contributed by atoms with Crippen LogP contribution in [-0.2, 0) is 9.53 Å². The quantitative estimate of drug-likeness (QED) is 0.818. The van der Waals surface area contributed by atoms with Crippen molar-refractivity contribution in [1.82, 2.24) is 5.32 Å². The van der Waals surface area contributed by atoms with Gasteiger partial charge in [-0.15, -0.1) is 0 Å². The van der Waals surface area contributed by atoms with Gasteiger partial charge in [0, 0.05) is 11.7 Å². The van der Waals surface area contributed by atoms with Gasteiger partial charge in [0.05, 0.1) is 19.2 Å². The van der Waals surface area contributed by atoms with Crippen molar-refractivity contribution < 1.29 is 18.7 Å². The average molecular weight is 322 g/mol. The number of rotatable bonds is 5. The summed E-state index contributed by atoms with van der Waals surface area (Å²) in [6.45, 7) is 2.23. The molecule has 2 rings (SSSR count). The van der Waals surface area contributed by atoms with Gasteiger partial charge in [-0.3, -0.25) is 4.79 Å². The van der Waals surface area contributed by atoms with Crippen molar-refractivity contribution in [3.8, 4) is 0 Å². The highest BCUT2D eigenvalue weighted by Gasteiger charge is 2.22. The van der Waals surface area contributed by atoms with Gasteiger partial charge < -0.3 is 15.4 Å². The minimum Gasteiger partial charge on any atom is -0.465 e. The second-order valence-electron chi connectivity index (χ2n) is 5.98. The molecule has 6 heteroatoms. The number of nitrogens with one attached hydrogen (secondary N) is 2. The van der Waals surface area contributed by atoms with Crippen LogP contribution in [0.1, 0.15) is 43.0 Å². The molecule has 126 valence electrons. The summed E-state index contributed by atoms with van der Waals surface area (Å²) in [6.07, 6.45) is 4.51. The third-order valence-corrected chi connectivity index (χ3v) is 4.28. The van der Waals surface area contributed by atoms with Crippen LogP contribution in [-0.4, -0.2) is 31.6 Å².